The molecule has 1 aliphatic rings. The number of methoxy groups -OCH3 is 1. The van der Waals surface area contributed by atoms with Crippen molar-refractivity contribution in [3.05, 3.63) is 71.8 Å². The van der Waals surface area contributed by atoms with E-state index in [1.165, 1.54) is 11.4 Å². The molecular weight excluding hydrogens is 428 g/mol. The van der Waals surface area contributed by atoms with Gasteiger partial charge in [0.1, 0.15) is 0 Å². The Morgan fingerprint density at radius 3 is 2.34 bits per heavy atom. The third-order valence-electron chi connectivity index (χ3n) is 5.44. The van der Waals surface area contributed by atoms with Gasteiger partial charge in [-0.25, -0.2) is 0 Å². The number of aromatic nitrogens is 2. The molecule has 1 aromatic heterocycles. The van der Waals surface area contributed by atoms with Gasteiger partial charge in [-0.05, 0) is 37.3 Å². The summed E-state index contributed by atoms with van der Waals surface area (Å²) < 4.78 is 32.3. The summed E-state index contributed by atoms with van der Waals surface area (Å²) in [5.74, 6) is 0.278. The van der Waals surface area contributed by atoms with Crippen molar-refractivity contribution in [1.29, 1.82) is 0 Å². The molecule has 8 nitrogen and oxygen atoms in total. The summed E-state index contributed by atoms with van der Waals surface area (Å²) in [4.78, 5) is 15.0. The number of rotatable bonds is 5. The maximum absolute atomic E-state index is 13.0. The highest BCUT2D eigenvalue weighted by Gasteiger charge is 2.34. The van der Waals surface area contributed by atoms with E-state index in [4.69, 9.17) is 4.74 Å². The fourth-order valence-corrected chi connectivity index (χ4v) is 4.99. The monoisotopic (exact) mass is 452 g/mol. The molecule has 0 spiro atoms. The average Bonchev–Trinajstić information content (AvgIpc) is 2.84. The zero-order chi connectivity index (χ0) is 22.7. The lowest BCUT2D eigenvalue weighted by atomic mass is 10.1. The predicted molar refractivity (Wildman–Crippen MR) is 120 cm³/mol. The molecule has 1 unspecified atom stereocenters. The first-order valence-electron chi connectivity index (χ1n) is 10.2. The van der Waals surface area contributed by atoms with Gasteiger partial charge < -0.3 is 14.2 Å². The van der Waals surface area contributed by atoms with Crippen LogP contribution >= 0.6 is 0 Å². The Balaban J connectivity index is 1.44. The lowest BCUT2D eigenvalue weighted by molar-refractivity contribution is 0.0693. The molecule has 1 saturated heterocycles. The van der Waals surface area contributed by atoms with Gasteiger partial charge in [-0.15, -0.1) is 14.5 Å². The molecule has 1 amide bonds. The van der Waals surface area contributed by atoms with Crippen molar-refractivity contribution in [2.45, 2.75) is 11.8 Å². The number of amides is 1. The Kier molecular flexibility index (Phi) is 6.31. The molecule has 1 aliphatic heterocycles. The largest absolute Gasteiger partial charge is 0.593 e. The van der Waals surface area contributed by atoms with Gasteiger partial charge in [0.05, 0.1) is 25.9 Å². The number of carbonyl (C=O) groups is 1. The van der Waals surface area contributed by atoms with Crippen molar-refractivity contribution in [2.75, 3.05) is 33.3 Å². The van der Waals surface area contributed by atoms with Crippen LogP contribution in [0.1, 0.15) is 15.9 Å². The highest BCUT2D eigenvalue weighted by molar-refractivity contribution is 7.95. The fourth-order valence-electron chi connectivity index (χ4n) is 3.57. The van der Waals surface area contributed by atoms with Gasteiger partial charge in [0.15, 0.2) is 15.3 Å². The lowest BCUT2D eigenvalue weighted by Crippen LogP contribution is -2.52. The normalized spacial score (nSPS) is 16.4. The van der Waals surface area contributed by atoms with Crippen LogP contribution in [0.25, 0.3) is 11.3 Å². The topological polar surface area (TPSA) is 98.7 Å². The molecule has 0 N–H and O–H groups in total. The van der Waals surface area contributed by atoms with Crippen LogP contribution in [0.3, 0.4) is 0 Å². The molecule has 0 saturated carbocycles. The zero-order valence-electron chi connectivity index (χ0n) is 17.9. The second-order valence-electron chi connectivity index (χ2n) is 7.55. The summed E-state index contributed by atoms with van der Waals surface area (Å²) in [6.07, 6.45) is 0. The van der Waals surface area contributed by atoms with Crippen LogP contribution in [0.4, 0.5) is 0 Å². The van der Waals surface area contributed by atoms with Crippen molar-refractivity contribution in [2.24, 2.45) is 0 Å². The first kappa shape index (κ1) is 22.1. The number of ether oxygens (including phenoxy) is 1. The summed E-state index contributed by atoms with van der Waals surface area (Å²) in [6.45, 7) is 3.08. The Hall–Kier alpha value is -3.14. The van der Waals surface area contributed by atoms with Crippen molar-refractivity contribution >= 4 is 16.3 Å². The second-order valence-corrected chi connectivity index (χ2v) is 9.49. The summed E-state index contributed by atoms with van der Waals surface area (Å²) in [7, 11) is -2.05. The standard InChI is InChI=1S/C23H24N4O4S/c1-17-6-8-20(9-7-17)32(29,30)27-14-12-26(13-15-27)23(28)19-5-3-4-18(16-19)21-10-11-22(31-2)25-24-21/h3-11,16H,12-15H2,1-2H3. The molecule has 0 aliphatic carbocycles. The SMILES string of the molecule is COc1ccc(-c2cccc(C(=O)N3CCN([S+](=O)([O-])c4ccc(C)cc4)CC3)c2)nn1. The van der Waals surface area contributed by atoms with Crippen molar-refractivity contribution in [1.82, 2.24) is 19.4 Å². The highest BCUT2D eigenvalue weighted by Crippen LogP contribution is 2.24. The van der Waals surface area contributed by atoms with E-state index in [1.807, 2.05) is 13.0 Å². The third kappa shape index (κ3) is 4.55. The molecule has 4 rings (SSSR count). The molecular formula is C23H24N4O4S. The van der Waals surface area contributed by atoms with E-state index in [-0.39, 0.29) is 23.9 Å². The minimum Gasteiger partial charge on any atom is -0.593 e. The molecule has 9 heteroatoms. The molecule has 2 heterocycles. The van der Waals surface area contributed by atoms with E-state index in [9.17, 15) is 13.6 Å². The van der Waals surface area contributed by atoms with Crippen LogP contribution < -0.4 is 4.74 Å². The van der Waals surface area contributed by atoms with Crippen LogP contribution in [0.15, 0.2) is 65.6 Å². The summed E-state index contributed by atoms with van der Waals surface area (Å²) in [5.41, 5.74) is 2.93. The molecule has 3 aromatic rings. The lowest BCUT2D eigenvalue weighted by Gasteiger charge is -2.35. The molecule has 2 aromatic carbocycles. The first-order valence-corrected chi connectivity index (χ1v) is 11.7. The Morgan fingerprint density at radius 2 is 1.72 bits per heavy atom. The van der Waals surface area contributed by atoms with Crippen LogP contribution in [0.5, 0.6) is 5.88 Å². The molecule has 1 atom stereocenters. The number of benzene rings is 2. The van der Waals surface area contributed by atoms with Crippen LogP contribution in [0.2, 0.25) is 0 Å². The molecule has 32 heavy (non-hydrogen) atoms. The van der Waals surface area contributed by atoms with Gasteiger partial charge in [0, 0.05) is 30.3 Å². The fraction of sp³-hybridized carbons (Fsp3) is 0.261. The number of piperazine rings is 1. The van der Waals surface area contributed by atoms with Gasteiger partial charge in [0.25, 0.3) is 5.91 Å². The van der Waals surface area contributed by atoms with Gasteiger partial charge in [-0.2, -0.15) is 0 Å². The minimum atomic E-state index is -3.57. The van der Waals surface area contributed by atoms with Gasteiger partial charge in [-0.3, -0.25) is 4.79 Å². The Bertz CT molecular complexity index is 1140. The van der Waals surface area contributed by atoms with E-state index >= 15 is 0 Å². The molecule has 1 fully saturated rings. The van der Waals surface area contributed by atoms with E-state index in [1.54, 1.807) is 59.5 Å². The van der Waals surface area contributed by atoms with Crippen LogP contribution in [-0.2, 0) is 14.6 Å². The van der Waals surface area contributed by atoms with E-state index in [0.717, 1.165) is 11.1 Å². The average molecular weight is 453 g/mol. The quantitative estimate of drug-likeness (QED) is 0.552. The minimum absolute atomic E-state index is 0.138. The van der Waals surface area contributed by atoms with E-state index < -0.39 is 10.4 Å². The number of hydrogen-bond donors (Lipinski definition) is 0. The van der Waals surface area contributed by atoms with Gasteiger partial charge in [0.2, 0.25) is 5.88 Å². The van der Waals surface area contributed by atoms with Crippen LogP contribution in [-0.4, -0.2) is 63.2 Å². The summed E-state index contributed by atoms with van der Waals surface area (Å²) >= 11 is 0. The van der Waals surface area contributed by atoms with Crippen molar-refractivity contribution in [3.63, 3.8) is 0 Å². The van der Waals surface area contributed by atoms with E-state index in [0.29, 0.717) is 30.2 Å². The van der Waals surface area contributed by atoms with E-state index in [2.05, 4.69) is 10.2 Å². The smallest absolute Gasteiger partial charge is 0.253 e. The predicted octanol–water partition coefficient (Wildman–Crippen LogP) is 2.82. The van der Waals surface area contributed by atoms with Gasteiger partial charge >= 0.3 is 0 Å². The number of aryl methyl sites for hydroxylation is 1. The number of sulfonamides is 1. The Labute approximate surface area is 188 Å². The van der Waals surface area contributed by atoms with Crippen molar-refractivity contribution in [3.8, 4) is 17.1 Å². The summed E-state index contributed by atoms with van der Waals surface area (Å²) in [6, 6.07) is 17.5. The Morgan fingerprint density at radius 1 is 1.00 bits per heavy atom. The first-order chi connectivity index (χ1) is 15.4. The number of nitrogens with zero attached hydrogens (tertiary/aromatic N) is 4. The third-order valence-corrected chi connectivity index (χ3v) is 7.35. The zero-order valence-corrected chi connectivity index (χ0v) is 18.7. The summed E-state index contributed by atoms with van der Waals surface area (Å²) in [5, 5.41) is 8.10. The molecule has 0 radical (unpaired) electrons. The van der Waals surface area contributed by atoms with Crippen molar-refractivity contribution < 1.29 is 18.3 Å². The van der Waals surface area contributed by atoms with Gasteiger partial charge in [-0.1, -0.05) is 34.0 Å². The maximum Gasteiger partial charge on any atom is 0.253 e. The molecule has 0 bridgehead atoms. The number of hydrogen-bond acceptors (Lipinski definition) is 6. The number of carbonyl (C=O) groups excluding carboxylic acids is 1. The maximum atomic E-state index is 13.0. The molecule has 166 valence electrons. The van der Waals surface area contributed by atoms with Crippen LogP contribution in [0, 0.1) is 6.92 Å². The second kappa shape index (κ2) is 9.15. The highest BCUT2D eigenvalue weighted by atomic mass is 32.3.